The Morgan fingerprint density at radius 2 is 1.52 bits per heavy atom. The van der Waals surface area contributed by atoms with E-state index in [1.807, 2.05) is 42.5 Å². The number of carbonyl (C=O) groups excluding carboxylic acids is 1. The second-order valence-corrected chi connectivity index (χ2v) is 13.9. The average Bonchev–Trinajstić information content (AvgIpc) is 2.67. The number of benzene rings is 3. The number of aldehydes is 1. The lowest BCUT2D eigenvalue weighted by molar-refractivity contribution is 0.112. The first kappa shape index (κ1) is 19.5. The second kappa shape index (κ2) is 8.64. The van der Waals surface area contributed by atoms with E-state index in [-0.39, 0.29) is 0 Å². The molecule has 0 N–H and O–H groups in total. The van der Waals surface area contributed by atoms with Crippen LogP contribution in [0, 0.1) is 0 Å². The van der Waals surface area contributed by atoms with Crippen LogP contribution in [0.1, 0.15) is 15.9 Å². The van der Waals surface area contributed by atoms with Gasteiger partial charge < -0.3 is 4.74 Å². The molecule has 0 radical (unpaired) electrons. The van der Waals surface area contributed by atoms with Gasteiger partial charge in [0.25, 0.3) is 0 Å². The van der Waals surface area contributed by atoms with Crippen LogP contribution in [0.4, 0.5) is 0 Å². The largest absolute Gasteiger partial charge is 0.488 e. The first-order valence-corrected chi connectivity index (χ1v) is 13.6. The van der Waals surface area contributed by atoms with Gasteiger partial charge in [-0.05, 0) is 16.1 Å². The van der Waals surface area contributed by atoms with Crippen molar-refractivity contribution in [3.63, 3.8) is 0 Å². The zero-order valence-electron chi connectivity index (χ0n) is 16.0. The quantitative estimate of drug-likeness (QED) is 0.341. The van der Waals surface area contributed by atoms with E-state index < -0.39 is 8.07 Å². The van der Waals surface area contributed by atoms with Crippen molar-refractivity contribution in [2.24, 2.45) is 0 Å². The molecule has 0 bridgehead atoms. The molecule has 0 saturated carbocycles. The summed E-state index contributed by atoms with van der Waals surface area (Å²) in [5.74, 6) is 1.000. The Morgan fingerprint density at radius 3 is 2.22 bits per heavy atom. The molecule has 2 nitrogen and oxygen atoms in total. The summed E-state index contributed by atoms with van der Waals surface area (Å²) in [5.41, 5.74) is 1.91. The van der Waals surface area contributed by atoms with Crippen LogP contribution in [-0.2, 0) is 6.61 Å². The molecule has 0 aromatic heterocycles. The Balaban J connectivity index is 1.98. The van der Waals surface area contributed by atoms with Crippen molar-refractivity contribution >= 4 is 38.7 Å². The molecule has 1 atom stereocenters. The highest BCUT2D eigenvalue weighted by Gasteiger charge is 2.23. The SMILES string of the molecule is C[Si](C)(C)c1cccc(Pc2ccccc2C=O)c1OCc1ccccc1. The predicted octanol–water partition coefficient (Wildman–Crippen LogP) is 4.25. The smallest absolute Gasteiger partial charge is 0.150 e. The first-order valence-electron chi connectivity index (χ1n) is 9.10. The van der Waals surface area contributed by atoms with E-state index in [0.29, 0.717) is 15.2 Å². The minimum Gasteiger partial charge on any atom is -0.488 e. The van der Waals surface area contributed by atoms with Gasteiger partial charge in [-0.2, -0.15) is 0 Å². The molecule has 3 aromatic carbocycles. The number of rotatable bonds is 7. The topological polar surface area (TPSA) is 26.3 Å². The van der Waals surface area contributed by atoms with Crippen LogP contribution in [0.25, 0.3) is 0 Å². The second-order valence-electron chi connectivity index (χ2n) is 7.54. The molecule has 0 aliphatic rings. The molecule has 0 fully saturated rings. The Hall–Kier alpha value is -2.22. The molecule has 3 rings (SSSR count). The molecule has 0 heterocycles. The van der Waals surface area contributed by atoms with Gasteiger partial charge in [0.05, 0.1) is 8.07 Å². The monoisotopic (exact) mass is 392 g/mol. The van der Waals surface area contributed by atoms with E-state index in [0.717, 1.165) is 28.5 Å². The molecule has 0 saturated heterocycles. The highest BCUT2D eigenvalue weighted by Crippen LogP contribution is 2.23. The van der Waals surface area contributed by atoms with Gasteiger partial charge in [-0.25, -0.2) is 0 Å². The lowest BCUT2D eigenvalue weighted by Gasteiger charge is -2.24. The molecule has 27 heavy (non-hydrogen) atoms. The van der Waals surface area contributed by atoms with Crippen LogP contribution in [0.5, 0.6) is 5.75 Å². The van der Waals surface area contributed by atoms with Gasteiger partial charge in [0.2, 0.25) is 0 Å². The molecular formula is C23H25O2PSi. The van der Waals surface area contributed by atoms with Gasteiger partial charge in [0.1, 0.15) is 12.4 Å². The molecule has 4 heteroatoms. The van der Waals surface area contributed by atoms with Crippen molar-refractivity contribution in [2.45, 2.75) is 26.2 Å². The third-order valence-corrected chi connectivity index (χ3v) is 7.80. The standard InChI is InChI=1S/C23H25O2PSi/c1-27(2,3)22-15-9-14-21(26-20-13-8-7-12-19(20)16-24)23(22)25-17-18-10-5-4-6-11-18/h4-16,26H,17H2,1-3H3. The van der Waals surface area contributed by atoms with Crippen LogP contribution < -0.4 is 20.5 Å². The van der Waals surface area contributed by atoms with Gasteiger partial charge in [-0.3, -0.25) is 4.79 Å². The van der Waals surface area contributed by atoms with Gasteiger partial charge in [-0.15, -0.1) is 0 Å². The van der Waals surface area contributed by atoms with Crippen LogP contribution in [0.15, 0.2) is 72.8 Å². The zero-order valence-corrected chi connectivity index (χ0v) is 18.0. The third kappa shape index (κ3) is 4.94. The first-order chi connectivity index (χ1) is 13.0. The summed E-state index contributed by atoms with van der Waals surface area (Å²) in [6, 6.07) is 24.5. The maximum Gasteiger partial charge on any atom is 0.150 e. The number of ether oxygens (including phenoxy) is 1. The average molecular weight is 393 g/mol. The molecule has 0 amide bonds. The van der Waals surface area contributed by atoms with E-state index >= 15 is 0 Å². The summed E-state index contributed by atoms with van der Waals surface area (Å²) < 4.78 is 6.38. The Labute approximate surface area is 164 Å². The Morgan fingerprint density at radius 1 is 0.852 bits per heavy atom. The molecule has 138 valence electrons. The van der Waals surface area contributed by atoms with Crippen molar-refractivity contribution in [1.29, 1.82) is 0 Å². The fraction of sp³-hybridized carbons (Fsp3) is 0.174. The van der Waals surface area contributed by atoms with Crippen molar-refractivity contribution in [1.82, 2.24) is 0 Å². The minimum atomic E-state index is -1.58. The van der Waals surface area contributed by atoms with Crippen LogP contribution in [0.2, 0.25) is 19.6 Å². The highest BCUT2D eigenvalue weighted by molar-refractivity contribution is 7.56. The molecule has 3 aromatic rings. The van der Waals surface area contributed by atoms with Gasteiger partial charge in [-0.1, -0.05) is 101 Å². The normalized spacial score (nSPS) is 11.7. The van der Waals surface area contributed by atoms with Crippen molar-refractivity contribution in [2.75, 3.05) is 0 Å². The fourth-order valence-corrected chi connectivity index (χ4v) is 5.84. The minimum absolute atomic E-state index is 0.390. The summed E-state index contributed by atoms with van der Waals surface area (Å²) >= 11 is 0. The fourth-order valence-electron chi connectivity index (χ4n) is 2.97. The van der Waals surface area contributed by atoms with Gasteiger partial charge in [0.15, 0.2) is 6.29 Å². The van der Waals surface area contributed by atoms with E-state index in [1.165, 1.54) is 10.5 Å². The molecular weight excluding hydrogens is 367 g/mol. The zero-order chi connectivity index (χ0) is 19.3. The molecule has 0 aliphatic carbocycles. The van der Waals surface area contributed by atoms with E-state index in [1.54, 1.807) is 0 Å². The number of hydrogen-bond donors (Lipinski definition) is 0. The van der Waals surface area contributed by atoms with Crippen LogP contribution in [-0.4, -0.2) is 14.4 Å². The lowest BCUT2D eigenvalue weighted by atomic mass is 10.2. The van der Waals surface area contributed by atoms with Gasteiger partial charge in [0, 0.05) is 10.9 Å². The van der Waals surface area contributed by atoms with Gasteiger partial charge >= 0.3 is 0 Å². The predicted molar refractivity (Wildman–Crippen MR) is 120 cm³/mol. The van der Waals surface area contributed by atoms with E-state index in [9.17, 15) is 4.79 Å². The van der Waals surface area contributed by atoms with E-state index in [2.05, 4.69) is 50.0 Å². The third-order valence-electron chi connectivity index (χ3n) is 4.41. The summed E-state index contributed by atoms with van der Waals surface area (Å²) in [5, 5.41) is 3.55. The van der Waals surface area contributed by atoms with Crippen LogP contribution in [0.3, 0.4) is 0 Å². The number of para-hydroxylation sites is 1. The van der Waals surface area contributed by atoms with Crippen molar-refractivity contribution in [3.05, 3.63) is 83.9 Å². The Bertz CT molecular complexity index is 917. The lowest BCUT2D eigenvalue weighted by Crippen LogP contribution is -2.40. The van der Waals surface area contributed by atoms with Crippen LogP contribution >= 0.6 is 8.58 Å². The number of carbonyl (C=O) groups is 1. The van der Waals surface area contributed by atoms with Crippen molar-refractivity contribution in [3.8, 4) is 5.75 Å². The van der Waals surface area contributed by atoms with Crippen molar-refractivity contribution < 1.29 is 9.53 Å². The maximum absolute atomic E-state index is 11.4. The summed E-state index contributed by atoms with van der Waals surface area (Å²) in [6.07, 6.45) is 0.940. The van der Waals surface area contributed by atoms with E-state index in [4.69, 9.17) is 4.74 Å². The molecule has 0 spiro atoms. The summed E-state index contributed by atoms with van der Waals surface area (Å²) in [4.78, 5) is 11.4. The highest BCUT2D eigenvalue weighted by atomic mass is 31.1. The summed E-state index contributed by atoms with van der Waals surface area (Å²) in [7, 11) is -1.19. The number of hydrogen-bond acceptors (Lipinski definition) is 2. The molecule has 1 unspecified atom stereocenters. The Kier molecular flexibility index (Phi) is 6.25. The maximum atomic E-state index is 11.4. The summed E-state index contributed by atoms with van der Waals surface area (Å²) in [6.45, 7) is 7.56. The molecule has 0 aliphatic heterocycles.